The van der Waals surface area contributed by atoms with Crippen LogP contribution in [0.4, 0.5) is 0 Å². The van der Waals surface area contributed by atoms with Crippen LogP contribution in [0, 0.1) is 0 Å². The van der Waals surface area contributed by atoms with E-state index in [-0.39, 0.29) is 5.97 Å². The molecule has 0 saturated carbocycles. The highest BCUT2D eigenvalue weighted by molar-refractivity contribution is 5.86. The summed E-state index contributed by atoms with van der Waals surface area (Å²) in [5, 5.41) is 0. The van der Waals surface area contributed by atoms with Crippen LogP contribution in [-0.4, -0.2) is 37.6 Å². The Morgan fingerprint density at radius 2 is 1.14 bits per heavy atom. The predicted octanol–water partition coefficient (Wildman–Crippen LogP) is 7.69. The minimum atomic E-state index is -0.274. The highest BCUT2D eigenvalue weighted by Crippen LogP contribution is 2.15. The van der Waals surface area contributed by atoms with E-state index in [9.17, 15) is 4.79 Å². The lowest BCUT2D eigenvalue weighted by Gasteiger charge is -2.24. The summed E-state index contributed by atoms with van der Waals surface area (Å²) in [5.74, 6) is -0.274. The number of esters is 1. The highest BCUT2D eigenvalue weighted by atomic mass is 16.5. The molecule has 0 aliphatic heterocycles. The second kappa shape index (κ2) is 20.4. The molecule has 0 fully saturated rings. The van der Waals surface area contributed by atoms with E-state index >= 15 is 0 Å². The quantitative estimate of drug-likeness (QED) is 0.110. The van der Waals surface area contributed by atoms with E-state index in [2.05, 4.69) is 32.5 Å². The zero-order valence-electron chi connectivity index (χ0n) is 20.3. The fourth-order valence-electron chi connectivity index (χ4n) is 3.71. The lowest BCUT2D eigenvalue weighted by molar-refractivity contribution is -0.140. The molecule has 29 heavy (non-hydrogen) atoms. The molecule has 0 aromatic heterocycles. The van der Waals surface area contributed by atoms with Crippen molar-refractivity contribution >= 4 is 5.97 Å². The molecule has 0 spiro atoms. The molecule has 0 amide bonds. The maximum absolute atomic E-state index is 11.6. The van der Waals surface area contributed by atoms with Crippen LogP contribution in [0.3, 0.4) is 0 Å². The largest absolute Gasteiger partial charge is 0.461 e. The van der Waals surface area contributed by atoms with Crippen molar-refractivity contribution in [3.63, 3.8) is 0 Å². The van der Waals surface area contributed by atoms with Crippen LogP contribution < -0.4 is 0 Å². The fraction of sp³-hybridized carbons (Fsp3) is 0.885. The van der Waals surface area contributed by atoms with Gasteiger partial charge in [-0.3, -0.25) is 0 Å². The van der Waals surface area contributed by atoms with E-state index in [1.165, 1.54) is 103 Å². The summed E-state index contributed by atoms with van der Waals surface area (Å²) >= 11 is 0. The standard InChI is InChI=1S/C26H51NO2/c1-6-7-8-9-10-11-12-13-14-15-16-17-18-19-20-21-22-25(27(4)5)23-29-26(28)24(2)3/h25H,2,6-23H2,1,3-5H3. The lowest BCUT2D eigenvalue weighted by atomic mass is 10.0. The average molecular weight is 410 g/mol. The Morgan fingerprint density at radius 1 is 0.759 bits per heavy atom. The summed E-state index contributed by atoms with van der Waals surface area (Å²) in [6.07, 6.45) is 23.4. The van der Waals surface area contributed by atoms with Crippen molar-refractivity contribution in [2.24, 2.45) is 0 Å². The first-order chi connectivity index (χ1) is 14.0. The molecule has 3 nitrogen and oxygen atoms in total. The first kappa shape index (κ1) is 28.2. The van der Waals surface area contributed by atoms with Gasteiger partial charge in [-0.1, -0.05) is 116 Å². The number of unbranched alkanes of at least 4 members (excludes halogenated alkanes) is 15. The predicted molar refractivity (Wildman–Crippen MR) is 127 cm³/mol. The van der Waals surface area contributed by atoms with Crippen LogP contribution in [0.15, 0.2) is 12.2 Å². The van der Waals surface area contributed by atoms with Crippen molar-refractivity contribution in [3.05, 3.63) is 12.2 Å². The second-order valence-electron chi connectivity index (χ2n) is 9.09. The summed E-state index contributed by atoms with van der Waals surface area (Å²) in [5.41, 5.74) is 0.477. The normalized spacial score (nSPS) is 12.3. The van der Waals surface area contributed by atoms with Gasteiger partial charge >= 0.3 is 5.97 Å². The number of nitrogens with zero attached hydrogens (tertiary/aromatic N) is 1. The smallest absolute Gasteiger partial charge is 0.333 e. The maximum atomic E-state index is 11.6. The van der Waals surface area contributed by atoms with E-state index in [0.29, 0.717) is 18.2 Å². The van der Waals surface area contributed by atoms with Gasteiger partial charge in [0.25, 0.3) is 0 Å². The Hall–Kier alpha value is -0.830. The maximum Gasteiger partial charge on any atom is 0.333 e. The molecule has 0 aliphatic rings. The molecular weight excluding hydrogens is 358 g/mol. The minimum Gasteiger partial charge on any atom is -0.461 e. The molecule has 0 heterocycles. The van der Waals surface area contributed by atoms with Gasteiger partial charge in [-0.15, -0.1) is 0 Å². The molecule has 0 aromatic rings. The summed E-state index contributed by atoms with van der Waals surface area (Å²) < 4.78 is 5.33. The van der Waals surface area contributed by atoms with Crippen LogP contribution in [0.1, 0.15) is 123 Å². The third-order valence-electron chi connectivity index (χ3n) is 5.88. The lowest BCUT2D eigenvalue weighted by Crippen LogP contribution is -2.33. The second-order valence-corrected chi connectivity index (χ2v) is 9.09. The van der Waals surface area contributed by atoms with Gasteiger partial charge in [0, 0.05) is 11.6 Å². The number of hydrogen-bond acceptors (Lipinski definition) is 3. The molecule has 172 valence electrons. The van der Waals surface area contributed by atoms with Crippen molar-refractivity contribution in [3.8, 4) is 0 Å². The molecule has 1 unspecified atom stereocenters. The van der Waals surface area contributed by atoms with E-state index in [1.807, 2.05) is 0 Å². The Morgan fingerprint density at radius 3 is 1.48 bits per heavy atom. The van der Waals surface area contributed by atoms with E-state index < -0.39 is 0 Å². The van der Waals surface area contributed by atoms with Gasteiger partial charge < -0.3 is 9.64 Å². The molecule has 0 bridgehead atoms. The first-order valence-corrected chi connectivity index (χ1v) is 12.5. The summed E-state index contributed by atoms with van der Waals surface area (Å²) in [6, 6.07) is 0.310. The Bertz CT molecular complexity index is 392. The monoisotopic (exact) mass is 409 g/mol. The van der Waals surface area contributed by atoms with Gasteiger partial charge in [-0.25, -0.2) is 4.79 Å². The van der Waals surface area contributed by atoms with Gasteiger partial charge in [0.05, 0.1) is 0 Å². The van der Waals surface area contributed by atoms with E-state index in [1.54, 1.807) is 6.92 Å². The van der Waals surface area contributed by atoms with E-state index in [4.69, 9.17) is 4.74 Å². The van der Waals surface area contributed by atoms with Gasteiger partial charge in [-0.05, 0) is 27.4 Å². The van der Waals surface area contributed by atoms with Crippen molar-refractivity contribution < 1.29 is 9.53 Å². The Labute approximate surface area is 182 Å². The Balaban J connectivity index is 3.42. The highest BCUT2D eigenvalue weighted by Gasteiger charge is 2.14. The summed E-state index contributed by atoms with van der Waals surface area (Å²) in [6.45, 7) is 8.09. The van der Waals surface area contributed by atoms with Gasteiger partial charge in [0.2, 0.25) is 0 Å². The molecular formula is C26H51NO2. The van der Waals surface area contributed by atoms with Crippen LogP contribution >= 0.6 is 0 Å². The fourth-order valence-corrected chi connectivity index (χ4v) is 3.71. The van der Waals surface area contributed by atoms with Crippen LogP contribution in [-0.2, 0) is 9.53 Å². The van der Waals surface area contributed by atoms with Crippen molar-refractivity contribution in [2.75, 3.05) is 20.7 Å². The number of ether oxygens (including phenoxy) is 1. The zero-order chi connectivity index (χ0) is 21.7. The SMILES string of the molecule is C=C(C)C(=O)OCC(CCCCCCCCCCCCCCCCCC)N(C)C. The van der Waals surface area contributed by atoms with Crippen LogP contribution in [0.2, 0.25) is 0 Å². The van der Waals surface area contributed by atoms with Gasteiger partial charge in [0.1, 0.15) is 6.61 Å². The van der Waals surface area contributed by atoms with Gasteiger partial charge in [-0.2, -0.15) is 0 Å². The average Bonchev–Trinajstić information content (AvgIpc) is 2.69. The molecule has 3 heteroatoms. The first-order valence-electron chi connectivity index (χ1n) is 12.5. The number of carbonyl (C=O) groups excluding carboxylic acids is 1. The van der Waals surface area contributed by atoms with E-state index in [0.717, 1.165) is 6.42 Å². The molecule has 0 aliphatic carbocycles. The molecule has 1 atom stereocenters. The molecule has 0 saturated heterocycles. The summed E-state index contributed by atoms with van der Waals surface area (Å²) in [4.78, 5) is 13.7. The zero-order valence-corrected chi connectivity index (χ0v) is 20.3. The topological polar surface area (TPSA) is 29.5 Å². The number of rotatable bonds is 21. The third-order valence-corrected chi connectivity index (χ3v) is 5.88. The molecule has 0 radical (unpaired) electrons. The molecule has 0 N–H and O–H groups in total. The van der Waals surface area contributed by atoms with Crippen molar-refractivity contribution in [1.82, 2.24) is 4.90 Å². The summed E-state index contributed by atoms with van der Waals surface area (Å²) in [7, 11) is 4.12. The number of likely N-dealkylation sites (N-methyl/N-ethyl adjacent to an activating group) is 1. The van der Waals surface area contributed by atoms with Crippen molar-refractivity contribution in [1.29, 1.82) is 0 Å². The Kier molecular flexibility index (Phi) is 19.9. The minimum absolute atomic E-state index is 0.274. The van der Waals surface area contributed by atoms with Gasteiger partial charge in [0.15, 0.2) is 0 Å². The van der Waals surface area contributed by atoms with Crippen LogP contribution in [0.25, 0.3) is 0 Å². The van der Waals surface area contributed by atoms with Crippen molar-refractivity contribution in [2.45, 2.75) is 129 Å². The third kappa shape index (κ3) is 18.9. The molecule has 0 rings (SSSR count). The molecule has 0 aromatic carbocycles. The van der Waals surface area contributed by atoms with Crippen LogP contribution in [0.5, 0.6) is 0 Å². The number of hydrogen-bond donors (Lipinski definition) is 0. The number of carbonyl (C=O) groups is 1.